The van der Waals surface area contributed by atoms with Crippen LogP contribution in [-0.2, 0) is 0 Å². The third-order valence-corrected chi connectivity index (χ3v) is 3.74. The van der Waals surface area contributed by atoms with Crippen LogP contribution < -0.4 is 5.32 Å². The first-order valence-electron chi connectivity index (χ1n) is 6.76. The summed E-state index contributed by atoms with van der Waals surface area (Å²) in [6.45, 7) is 0.139. The third kappa shape index (κ3) is 2.57. The van der Waals surface area contributed by atoms with Crippen LogP contribution in [0.1, 0.15) is 6.42 Å². The number of benzene rings is 1. The molecule has 3 rings (SSSR count). The van der Waals surface area contributed by atoms with Crippen molar-refractivity contribution in [2.24, 2.45) is 5.92 Å². The Balaban J connectivity index is 1.95. The second-order valence-corrected chi connectivity index (χ2v) is 5.12. The monoisotopic (exact) mass is 285 g/mol. The minimum Gasteiger partial charge on any atom is -0.396 e. The molecule has 6 nitrogen and oxygen atoms in total. The summed E-state index contributed by atoms with van der Waals surface area (Å²) in [4.78, 5) is 14.6. The van der Waals surface area contributed by atoms with Gasteiger partial charge in [-0.1, -0.05) is 12.2 Å². The van der Waals surface area contributed by atoms with Crippen molar-refractivity contribution in [1.82, 2.24) is 4.98 Å². The number of nitro benzene ring substituents is 1. The maximum Gasteiger partial charge on any atom is 0.278 e. The van der Waals surface area contributed by atoms with E-state index in [0.717, 1.165) is 17.5 Å². The van der Waals surface area contributed by atoms with Gasteiger partial charge in [-0.25, -0.2) is 0 Å². The molecule has 0 radical (unpaired) electrons. The normalized spacial score (nSPS) is 20.8. The fraction of sp³-hybridized carbons (Fsp3) is 0.267. The fourth-order valence-corrected chi connectivity index (χ4v) is 2.68. The van der Waals surface area contributed by atoms with Crippen molar-refractivity contribution in [3.05, 3.63) is 52.9 Å². The van der Waals surface area contributed by atoms with Gasteiger partial charge in [0.15, 0.2) is 0 Å². The lowest BCUT2D eigenvalue weighted by molar-refractivity contribution is -0.383. The van der Waals surface area contributed by atoms with Crippen LogP contribution in [0, 0.1) is 16.0 Å². The van der Waals surface area contributed by atoms with Gasteiger partial charge < -0.3 is 10.4 Å². The van der Waals surface area contributed by atoms with E-state index >= 15 is 0 Å². The number of aliphatic hydroxyl groups is 1. The average Bonchev–Trinajstić information content (AvgIpc) is 2.95. The van der Waals surface area contributed by atoms with Gasteiger partial charge in [0.2, 0.25) is 0 Å². The van der Waals surface area contributed by atoms with Crippen molar-refractivity contribution in [1.29, 1.82) is 0 Å². The summed E-state index contributed by atoms with van der Waals surface area (Å²) in [6.07, 6.45) is 7.97. The molecule has 1 aliphatic rings. The number of fused-ring (bicyclic) bond motifs is 1. The zero-order chi connectivity index (χ0) is 14.8. The van der Waals surface area contributed by atoms with Crippen LogP contribution in [0.2, 0.25) is 0 Å². The number of hydrogen-bond donors (Lipinski definition) is 2. The number of aliphatic hydroxyl groups excluding tert-OH is 1. The smallest absolute Gasteiger partial charge is 0.278 e. The quantitative estimate of drug-likeness (QED) is 0.512. The second-order valence-electron chi connectivity index (χ2n) is 5.12. The molecule has 0 unspecified atom stereocenters. The van der Waals surface area contributed by atoms with E-state index < -0.39 is 4.92 Å². The summed E-state index contributed by atoms with van der Waals surface area (Å²) in [6, 6.07) is 5.11. The van der Waals surface area contributed by atoms with Crippen LogP contribution in [0.4, 0.5) is 11.4 Å². The molecule has 1 aromatic heterocycles. The van der Waals surface area contributed by atoms with E-state index in [0.29, 0.717) is 5.39 Å². The molecule has 2 aromatic rings. The molecular weight excluding hydrogens is 270 g/mol. The van der Waals surface area contributed by atoms with Crippen LogP contribution in [0.5, 0.6) is 0 Å². The lowest BCUT2D eigenvalue weighted by atomic mass is 10.1. The van der Waals surface area contributed by atoms with Crippen molar-refractivity contribution in [2.75, 3.05) is 11.9 Å². The Kier molecular flexibility index (Phi) is 3.53. The predicted molar refractivity (Wildman–Crippen MR) is 80.1 cm³/mol. The number of nitro groups is 1. The van der Waals surface area contributed by atoms with Gasteiger partial charge in [-0.2, -0.15) is 0 Å². The standard InChI is InChI=1S/C15H15N3O3/c19-9-10-1-2-11(7-10)17-14-3-4-15(18(20)21)13-8-16-6-5-12(13)14/h1-6,8,10-11,17,19H,7,9H2/t10-,11+/m0/s1. The summed E-state index contributed by atoms with van der Waals surface area (Å²) in [5.74, 6) is 0.175. The second kappa shape index (κ2) is 5.49. The highest BCUT2D eigenvalue weighted by atomic mass is 16.6. The minimum absolute atomic E-state index is 0.0545. The van der Waals surface area contributed by atoms with Gasteiger partial charge in [0.1, 0.15) is 0 Å². The first-order chi connectivity index (χ1) is 10.2. The highest BCUT2D eigenvalue weighted by Crippen LogP contribution is 2.32. The van der Waals surface area contributed by atoms with Crippen LogP contribution in [0.25, 0.3) is 10.8 Å². The fourth-order valence-electron chi connectivity index (χ4n) is 2.68. The highest BCUT2D eigenvalue weighted by Gasteiger charge is 2.20. The minimum atomic E-state index is -0.398. The largest absolute Gasteiger partial charge is 0.396 e. The Bertz CT molecular complexity index is 714. The number of rotatable bonds is 4. The number of aromatic nitrogens is 1. The summed E-state index contributed by atoms with van der Waals surface area (Å²) >= 11 is 0. The first-order valence-corrected chi connectivity index (χ1v) is 6.76. The maximum atomic E-state index is 11.1. The van der Waals surface area contributed by atoms with Crippen molar-refractivity contribution in [2.45, 2.75) is 12.5 Å². The van der Waals surface area contributed by atoms with Gasteiger partial charge in [0.25, 0.3) is 5.69 Å². The zero-order valence-electron chi connectivity index (χ0n) is 11.3. The number of nitrogens with zero attached hydrogens (tertiary/aromatic N) is 2. The molecule has 21 heavy (non-hydrogen) atoms. The lowest BCUT2D eigenvalue weighted by Crippen LogP contribution is -2.16. The SMILES string of the molecule is O=[N+]([O-])c1ccc(N[C@@H]2C=C[C@H](CO)C2)c2ccncc12. The number of anilines is 1. The number of hydrogen-bond acceptors (Lipinski definition) is 5. The summed E-state index contributed by atoms with van der Waals surface area (Å²) in [7, 11) is 0. The number of nitrogens with one attached hydrogen (secondary N) is 1. The Morgan fingerprint density at radius 2 is 2.19 bits per heavy atom. The van der Waals surface area contributed by atoms with Gasteiger partial charge >= 0.3 is 0 Å². The Labute approximate surface area is 121 Å². The molecule has 1 aromatic carbocycles. The van der Waals surface area contributed by atoms with Crippen molar-refractivity contribution in [3.63, 3.8) is 0 Å². The molecule has 2 N–H and O–H groups in total. The summed E-state index contributed by atoms with van der Waals surface area (Å²) in [5.41, 5.74) is 0.894. The van der Waals surface area contributed by atoms with E-state index in [1.165, 1.54) is 12.3 Å². The lowest BCUT2D eigenvalue weighted by Gasteiger charge is -2.16. The molecule has 0 aliphatic heterocycles. The molecule has 1 aliphatic carbocycles. The van der Waals surface area contributed by atoms with Gasteiger partial charge in [0.05, 0.1) is 10.3 Å². The molecule has 1 heterocycles. The maximum absolute atomic E-state index is 11.1. The Hall–Kier alpha value is -2.47. The van der Waals surface area contributed by atoms with Gasteiger partial charge in [-0.15, -0.1) is 0 Å². The Morgan fingerprint density at radius 1 is 1.33 bits per heavy atom. The topological polar surface area (TPSA) is 88.3 Å². The van der Waals surface area contributed by atoms with Crippen LogP contribution >= 0.6 is 0 Å². The van der Waals surface area contributed by atoms with E-state index in [1.807, 2.05) is 12.2 Å². The van der Waals surface area contributed by atoms with Crippen LogP contribution in [0.3, 0.4) is 0 Å². The van der Waals surface area contributed by atoms with E-state index in [9.17, 15) is 10.1 Å². The molecule has 108 valence electrons. The summed E-state index contributed by atoms with van der Waals surface area (Å²) < 4.78 is 0. The van der Waals surface area contributed by atoms with Gasteiger partial charge in [0, 0.05) is 48.1 Å². The zero-order valence-corrected chi connectivity index (χ0v) is 11.3. The van der Waals surface area contributed by atoms with E-state index in [1.54, 1.807) is 18.3 Å². The molecule has 0 spiro atoms. The summed E-state index contributed by atoms with van der Waals surface area (Å²) in [5, 5.41) is 24.9. The molecular formula is C15H15N3O3. The van der Waals surface area contributed by atoms with Gasteiger partial charge in [-0.3, -0.25) is 15.1 Å². The molecule has 0 amide bonds. The van der Waals surface area contributed by atoms with E-state index in [4.69, 9.17) is 5.11 Å². The van der Waals surface area contributed by atoms with Crippen molar-refractivity contribution < 1.29 is 10.0 Å². The molecule has 0 saturated carbocycles. The number of pyridine rings is 1. The van der Waals surface area contributed by atoms with Crippen molar-refractivity contribution in [3.8, 4) is 0 Å². The Morgan fingerprint density at radius 3 is 2.90 bits per heavy atom. The van der Waals surface area contributed by atoms with Crippen molar-refractivity contribution >= 4 is 22.1 Å². The van der Waals surface area contributed by atoms with E-state index in [2.05, 4.69) is 10.3 Å². The van der Waals surface area contributed by atoms with Crippen LogP contribution in [-0.4, -0.2) is 27.7 Å². The molecule has 0 fully saturated rings. The first kappa shape index (κ1) is 13.5. The predicted octanol–water partition coefficient (Wildman–Crippen LogP) is 2.49. The average molecular weight is 285 g/mol. The van der Waals surface area contributed by atoms with E-state index in [-0.39, 0.29) is 24.3 Å². The molecule has 0 saturated heterocycles. The number of non-ortho nitro benzene ring substituents is 1. The third-order valence-electron chi connectivity index (χ3n) is 3.74. The molecule has 2 atom stereocenters. The van der Waals surface area contributed by atoms with Gasteiger partial charge in [-0.05, 0) is 18.6 Å². The van der Waals surface area contributed by atoms with Crippen LogP contribution in [0.15, 0.2) is 42.7 Å². The molecule has 0 bridgehead atoms. The highest BCUT2D eigenvalue weighted by molar-refractivity contribution is 5.99. The molecule has 6 heteroatoms.